The summed E-state index contributed by atoms with van der Waals surface area (Å²) in [6.45, 7) is 0. The van der Waals surface area contributed by atoms with Gasteiger partial charge in [-0.05, 0) is 70.1 Å². The summed E-state index contributed by atoms with van der Waals surface area (Å²) in [6.07, 6.45) is 0. The Morgan fingerprint density at radius 1 is 0.250 bits per heavy atom. The minimum Gasteiger partial charge on any atom is -0.309 e. The second-order valence-corrected chi connectivity index (χ2v) is 12.6. The van der Waals surface area contributed by atoms with E-state index < -0.39 is 0 Å². The Kier molecular flexibility index (Phi) is 5.91. The highest BCUT2D eigenvalue weighted by Crippen LogP contribution is 2.56. The molecule has 0 saturated heterocycles. The Morgan fingerprint density at radius 3 is 0.896 bits per heavy atom. The van der Waals surface area contributed by atoms with E-state index >= 15 is 0 Å². The van der Waals surface area contributed by atoms with Crippen molar-refractivity contribution in [3.05, 3.63) is 204 Å². The summed E-state index contributed by atoms with van der Waals surface area (Å²) in [5.74, 6) is 0. The van der Waals surface area contributed by atoms with Crippen LogP contribution in [0.4, 0.5) is 34.1 Å². The first-order valence-corrected chi connectivity index (χ1v) is 16.5. The van der Waals surface area contributed by atoms with Crippen molar-refractivity contribution in [3.63, 3.8) is 0 Å². The summed E-state index contributed by atoms with van der Waals surface area (Å²) in [6, 6.07) is 66.4. The fourth-order valence-corrected chi connectivity index (χ4v) is 7.80. The van der Waals surface area contributed by atoms with E-state index in [1.165, 1.54) is 77.7 Å². The molecule has 0 bridgehead atoms. The van der Waals surface area contributed by atoms with Gasteiger partial charge in [-0.1, -0.05) is 133 Å². The standard InChI is InChI=1S/C46H30N2/c1-3-15-33-29-35(27-25-31(33)13-1)47-41-21-9-5-17-37(41)45(38-18-6-10-22-42(38)47)46-39-19-7-11-23-43(39)48(44-24-12-8-20-40(44)46)36-28-26-32-14-2-4-16-34(32)30-36/h1-30H. The maximum Gasteiger partial charge on any atom is 0.0540 e. The van der Waals surface area contributed by atoms with Gasteiger partial charge in [0, 0.05) is 44.8 Å². The second kappa shape index (κ2) is 10.6. The Labute approximate surface area is 280 Å². The van der Waals surface area contributed by atoms with E-state index in [4.69, 9.17) is 0 Å². The van der Waals surface area contributed by atoms with Crippen LogP contribution in [0.15, 0.2) is 182 Å². The Morgan fingerprint density at radius 2 is 0.542 bits per heavy atom. The molecule has 0 saturated carbocycles. The Hall–Kier alpha value is -6.38. The summed E-state index contributed by atoms with van der Waals surface area (Å²) in [4.78, 5) is 4.87. The van der Waals surface area contributed by atoms with Crippen LogP contribution in [-0.2, 0) is 0 Å². The topological polar surface area (TPSA) is 6.48 Å². The molecule has 10 rings (SSSR count). The predicted molar refractivity (Wildman–Crippen MR) is 202 cm³/mol. The molecule has 2 heterocycles. The molecule has 0 amide bonds. The lowest BCUT2D eigenvalue weighted by atomic mass is 9.79. The zero-order valence-corrected chi connectivity index (χ0v) is 26.2. The van der Waals surface area contributed by atoms with E-state index in [1.54, 1.807) is 0 Å². The van der Waals surface area contributed by atoms with Crippen LogP contribution in [-0.4, -0.2) is 0 Å². The monoisotopic (exact) mass is 610 g/mol. The number of fused-ring (bicyclic) bond motifs is 6. The molecule has 2 heteroatoms. The van der Waals surface area contributed by atoms with Crippen LogP contribution >= 0.6 is 0 Å². The molecule has 0 radical (unpaired) electrons. The first-order valence-electron chi connectivity index (χ1n) is 16.5. The molecule has 2 aliphatic rings. The van der Waals surface area contributed by atoms with E-state index in [2.05, 4.69) is 192 Å². The van der Waals surface area contributed by atoms with Crippen molar-refractivity contribution >= 4 is 66.8 Å². The van der Waals surface area contributed by atoms with Crippen LogP contribution in [0.5, 0.6) is 0 Å². The summed E-state index contributed by atoms with van der Waals surface area (Å²) < 4.78 is 0. The van der Waals surface area contributed by atoms with Crippen LogP contribution in [0, 0.1) is 0 Å². The SMILES string of the molecule is c1ccc2c(c1)C(=C1c3ccccc3N(c3ccc4ccccc4c3)c3ccccc31)c1ccccc1N2c1ccc2ccccc2c1. The van der Waals surface area contributed by atoms with Crippen LogP contribution in [0.1, 0.15) is 22.3 Å². The second-order valence-electron chi connectivity index (χ2n) is 12.6. The van der Waals surface area contributed by atoms with Crippen LogP contribution in [0.3, 0.4) is 0 Å². The summed E-state index contributed by atoms with van der Waals surface area (Å²) in [7, 11) is 0. The first-order chi connectivity index (χ1) is 23.8. The molecule has 0 fully saturated rings. The maximum atomic E-state index is 2.43. The molecule has 0 atom stereocenters. The zero-order valence-electron chi connectivity index (χ0n) is 26.2. The largest absolute Gasteiger partial charge is 0.309 e. The van der Waals surface area contributed by atoms with Gasteiger partial charge in [-0.3, -0.25) is 0 Å². The number of para-hydroxylation sites is 4. The number of rotatable bonds is 2. The van der Waals surface area contributed by atoms with Gasteiger partial charge in [0.05, 0.1) is 22.7 Å². The molecule has 0 aliphatic carbocycles. The summed E-state index contributed by atoms with van der Waals surface area (Å²) in [5, 5.41) is 4.96. The van der Waals surface area contributed by atoms with Crippen molar-refractivity contribution in [1.82, 2.24) is 0 Å². The maximum absolute atomic E-state index is 2.43. The van der Waals surface area contributed by atoms with Gasteiger partial charge in [0.1, 0.15) is 0 Å². The van der Waals surface area contributed by atoms with Crippen LogP contribution in [0.25, 0.3) is 32.7 Å². The van der Waals surface area contributed by atoms with E-state index in [1.807, 2.05) is 0 Å². The van der Waals surface area contributed by atoms with Crippen molar-refractivity contribution < 1.29 is 0 Å². The van der Waals surface area contributed by atoms with E-state index in [-0.39, 0.29) is 0 Å². The average molecular weight is 611 g/mol. The number of nitrogens with zero attached hydrogens (tertiary/aromatic N) is 2. The fourth-order valence-electron chi connectivity index (χ4n) is 7.80. The van der Waals surface area contributed by atoms with Gasteiger partial charge < -0.3 is 9.80 Å². The van der Waals surface area contributed by atoms with Crippen molar-refractivity contribution in [2.75, 3.05) is 9.80 Å². The van der Waals surface area contributed by atoms with E-state index in [0.717, 1.165) is 11.4 Å². The molecule has 224 valence electrons. The number of hydrogen-bond donors (Lipinski definition) is 0. The van der Waals surface area contributed by atoms with Gasteiger partial charge in [0.15, 0.2) is 0 Å². The van der Waals surface area contributed by atoms with Gasteiger partial charge in [-0.25, -0.2) is 0 Å². The number of hydrogen-bond acceptors (Lipinski definition) is 2. The fraction of sp³-hybridized carbons (Fsp3) is 0. The van der Waals surface area contributed by atoms with E-state index in [9.17, 15) is 0 Å². The van der Waals surface area contributed by atoms with Crippen LogP contribution in [0.2, 0.25) is 0 Å². The smallest absolute Gasteiger partial charge is 0.0540 e. The molecule has 0 spiro atoms. The molecule has 8 aromatic rings. The van der Waals surface area contributed by atoms with Gasteiger partial charge in [0.2, 0.25) is 0 Å². The highest BCUT2D eigenvalue weighted by atomic mass is 15.2. The molecule has 0 unspecified atom stereocenters. The lowest BCUT2D eigenvalue weighted by Crippen LogP contribution is -2.21. The van der Waals surface area contributed by atoms with Crippen molar-refractivity contribution in [2.45, 2.75) is 0 Å². The molecule has 2 nitrogen and oxygen atoms in total. The minimum absolute atomic E-state index is 1.16. The zero-order chi connectivity index (χ0) is 31.6. The van der Waals surface area contributed by atoms with Gasteiger partial charge >= 0.3 is 0 Å². The van der Waals surface area contributed by atoms with Gasteiger partial charge in [-0.2, -0.15) is 0 Å². The third-order valence-electron chi connectivity index (χ3n) is 9.89. The van der Waals surface area contributed by atoms with Gasteiger partial charge in [-0.15, -0.1) is 0 Å². The third-order valence-corrected chi connectivity index (χ3v) is 9.89. The summed E-state index contributed by atoms with van der Waals surface area (Å²) >= 11 is 0. The highest BCUT2D eigenvalue weighted by Gasteiger charge is 2.34. The van der Waals surface area contributed by atoms with Crippen molar-refractivity contribution in [1.29, 1.82) is 0 Å². The molecular weight excluding hydrogens is 581 g/mol. The number of anilines is 6. The van der Waals surface area contributed by atoms with Gasteiger partial charge in [0.25, 0.3) is 0 Å². The molecule has 2 aliphatic heterocycles. The minimum atomic E-state index is 1.16. The third kappa shape index (κ3) is 4.00. The summed E-state index contributed by atoms with van der Waals surface area (Å²) in [5.41, 5.74) is 14.5. The van der Waals surface area contributed by atoms with E-state index in [0.29, 0.717) is 0 Å². The molecule has 0 aromatic heterocycles. The Balaban J connectivity index is 1.26. The lowest BCUT2D eigenvalue weighted by Gasteiger charge is -2.39. The van der Waals surface area contributed by atoms with Crippen LogP contribution < -0.4 is 9.80 Å². The molecular formula is C46H30N2. The van der Waals surface area contributed by atoms with Crippen molar-refractivity contribution in [3.8, 4) is 0 Å². The first kappa shape index (κ1) is 26.8. The predicted octanol–water partition coefficient (Wildman–Crippen LogP) is 12.6. The average Bonchev–Trinajstić information content (AvgIpc) is 3.16. The quantitative estimate of drug-likeness (QED) is 0.192. The van der Waals surface area contributed by atoms with Crippen molar-refractivity contribution in [2.24, 2.45) is 0 Å². The molecule has 0 N–H and O–H groups in total. The number of benzene rings is 8. The lowest BCUT2D eigenvalue weighted by molar-refractivity contribution is 1.22. The molecule has 48 heavy (non-hydrogen) atoms. The normalized spacial score (nSPS) is 13.2. The Bertz CT molecular complexity index is 2310. The molecule has 8 aromatic carbocycles. The highest BCUT2D eigenvalue weighted by molar-refractivity contribution is 6.17.